The van der Waals surface area contributed by atoms with Gasteiger partial charge < -0.3 is 9.80 Å². The van der Waals surface area contributed by atoms with Crippen molar-refractivity contribution >= 4 is 6.08 Å². The largest absolute Gasteiger partial charge is 0.322 e. The van der Waals surface area contributed by atoms with Crippen molar-refractivity contribution in [2.24, 2.45) is 0 Å². The molecule has 2 aromatic carbocycles. The summed E-state index contributed by atoms with van der Waals surface area (Å²) >= 11 is 0. The number of quaternary nitrogens is 2. The number of nitrogens with zero attached hydrogens (tertiary/aromatic N) is 4. The summed E-state index contributed by atoms with van der Waals surface area (Å²) in [6, 6.07) is 19.0. The lowest BCUT2D eigenvalue weighted by Crippen LogP contribution is -3.27. The van der Waals surface area contributed by atoms with Crippen LogP contribution in [-0.4, -0.2) is 52.9 Å². The van der Waals surface area contributed by atoms with Crippen LogP contribution >= 0.6 is 0 Å². The minimum absolute atomic E-state index is 0.529. The zero-order valence-electron chi connectivity index (χ0n) is 18.0. The van der Waals surface area contributed by atoms with Crippen LogP contribution in [-0.2, 0) is 6.67 Å². The number of aromatic nitrogens is 4. The first-order valence-electron chi connectivity index (χ1n) is 10.9. The van der Waals surface area contributed by atoms with Crippen molar-refractivity contribution in [3.8, 4) is 11.4 Å². The predicted octanol–water partition coefficient (Wildman–Crippen LogP) is 0.918. The Morgan fingerprint density at radius 2 is 1.63 bits per heavy atom. The van der Waals surface area contributed by atoms with E-state index in [-0.39, 0.29) is 0 Å². The summed E-state index contributed by atoms with van der Waals surface area (Å²) in [4.78, 5) is 4.91. The minimum Gasteiger partial charge on any atom is -0.322 e. The summed E-state index contributed by atoms with van der Waals surface area (Å²) in [5.41, 5.74) is 3.63. The third-order valence-electron chi connectivity index (χ3n) is 5.83. The zero-order chi connectivity index (χ0) is 20.8. The Kier molecular flexibility index (Phi) is 6.67. The van der Waals surface area contributed by atoms with Crippen molar-refractivity contribution in [1.29, 1.82) is 0 Å². The quantitative estimate of drug-likeness (QED) is 0.616. The molecule has 1 fully saturated rings. The van der Waals surface area contributed by atoms with Crippen LogP contribution in [0, 0.1) is 0 Å². The fourth-order valence-corrected chi connectivity index (χ4v) is 3.89. The Balaban J connectivity index is 1.25. The molecule has 6 nitrogen and oxygen atoms in total. The highest BCUT2D eigenvalue weighted by Gasteiger charge is 2.23. The summed E-state index contributed by atoms with van der Waals surface area (Å²) in [5.74, 6) is 1.24. The predicted molar refractivity (Wildman–Crippen MR) is 119 cm³/mol. The lowest BCUT2D eigenvalue weighted by molar-refractivity contribution is -1.02. The van der Waals surface area contributed by atoms with Crippen molar-refractivity contribution in [2.45, 2.75) is 26.4 Å². The number of tetrazole rings is 1. The highest BCUT2D eigenvalue weighted by Crippen LogP contribution is 2.19. The fourth-order valence-electron chi connectivity index (χ4n) is 3.89. The zero-order valence-corrected chi connectivity index (χ0v) is 18.0. The Labute approximate surface area is 178 Å². The summed E-state index contributed by atoms with van der Waals surface area (Å²) in [6.07, 6.45) is 4.52. The van der Waals surface area contributed by atoms with Gasteiger partial charge in [-0.05, 0) is 28.3 Å². The van der Waals surface area contributed by atoms with E-state index < -0.39 is 0 Å². The number of hydrogen-bond donors (Lipinski definition) is 2. The Morgan fingerprint density at radius 3 is 2.33 bits per heavy atom. The minimum atomic E-state index is 0.529. The summed E-state index contributed by atoms with van der Waals surface area (Å²) < 4.78 is 0. The lowest BCUT2D eigenvalue weighted by Gasteiger charge is -2.28. The molecule has 0 bridgehead atoms. The topological polar surface area (TPSA) is 52.5 Å². The van der Waals surface area contributed by atoms with Crippen LogP contribution in [0.15, 0.2) is 60.7 Å². The third-order valence-corrected chi connectivity index (χ3v) is 5.83. The van der Waals surface area contributed by atoms with Crippen molar-refractivity contribution in [3.05, 3.63) is 71.8 Å². The van der Waals surface area contributed by atoms with Gasteiger partial charge in [0.25, 0.3) is 0 Å². The van der Waals surface area contributed by atoms with E-state index in [4.69, 9.17) is 0 Å². The van der Waals surface area contributed by atoms with E-state index in [1.54, 1.807) is 9.70 Å². The van der Waals surface area contributed by atoms with E-state index >= 15 is 0 Å². The first kappa shape index (κ1) is 20.4. The molecule has 1 aliphatic heterocycles. The highest BCUT2D eigenvalue weighted by molar-refractivity contribution is 5.54. The maximum Gasteiger partial charge on any atom is 0.205 e. The number of rotatable bonds is 7. The number of nitrogens with one attached hydrogen (secondary N) is 2. The second-order valence-electron chi connectivity index (χ2n) is 8.44. The molecule has 0 atom stereocenters. The van der Waals surface area contributed by atoms with Gasteiger partial charge in [0, 0.05) is 5.56 Å². The monoisotopic (exact) mass is 404 g/mol. The van der Waals surface area contributed by atoms with E-state index in [0.29, 0.717) is 11.7 Å². The van der Waals surface area contributed by atoms with Crippen molar-refractivity contribution in [2.75, 3.05) is 32.7 Å². The van der Waals surface area contributed by atoms with Gasteiger partial charge in [0.1, 0.15) is 26.2 Å². The van der Waals surface area contributed by atoms with Crippen LogP contribution in [0.5, 0.6) is 0 Å². The van der Waals surface area contributed by atoms with Crippen LogP contribution in [0.25, 0.3) is 17.5 Å². The lowest BCUT2D eigenvalue weighted by atomic mass is 10.0. The van der Waals surface area contributed by atoms with Crippen molar-refractivity contribution < 1.29 is 9.80 Å². The molecule has 1 aliphatic rings. The average Bonchev–Trinajstić information content (AvgIpc) is 3.24. The van der Waals surface area contributed by atoms with Gasteiger partial charge in [-0.2, -0.15) is 0 Å². The smallest absolute Gasteiger partial charge is 0.205 e. The number of piperazine rings is 1. The molecule has 2 heterocycles. The van der Waals surface area contributed by atoms with E-state index in [9.17, 15) is 0 Å². The maximum atomic E-state index is 4.61. The first-order valence-corrected chi connectivity index (χ1v) is 10.9. The van der Waals surface area contributed by atoms with Gasteiger partial charge in [0.05, 0.1) is 6.54 Å². The third kappa shape index (κ3) is 5.40. The van der Waals surface area contributed by atoms with Crippen LogP contribution in [0.4, 0.5) is 0 Å². The van der Waals surface area contributed by atoms with Crippen LogP contribution < -0.4 is 9.80 Å². The molecule has 0 saturated carbocycles. The van der Waals surface area contributed by atoms with Crippen LogP contribution in [0.1, 0.15) is 30.9 Å². The SMILES string of the molecule is CC(C)c1ccc(-c2nnn(C[NH+]3CC[NH+](C/C=C/c4ccccc4)CC3)n2)cc1. The standard InChI is InChI=1S/C24H30N6/c1-20(2)22-10-12-23(13-11-22)24-25-27-30(26-24)19-29-17-15-28(16-18-29)14-6-9-21-7-4-3-5-8-21/h3-13,20H,14-19H2,1-2H3/p+2/b9-6+. The second-order valence-corrected chi connectivity index (χ2v) is 8.44. The van der Waals surface area contributed by atoms with E-state index in [0.717, 1.165) is 31.9 Å². The molecule has 0 spiro atoms. The molecule has 3 aromatic rings. The van der Waals surface area contributed by atoms with Gasteiger partial charge in [-0.25, -0.2) is 0 Å². The Morgan fingerprint density at radius 1 is 0.933 bits per heavy atom. The molecular formula is C24H32N6+2. The fraction of sp³-hybridized carbons (Fsp3) is 0.375. The average molecular weight is 405 g/mol. The molecule has 0 radical (unpaired) electrons. The van der Waals surface area contributed by atoms with Gasteiger partial charge in [0.2, 0.25) is 5.82 Å². The molecular weight excluding hydrogens is 372 g/mol. The Bertz CT molecular complexity index is 937. The number of benzene rings is 2. The van der Waals surface area contributed by atoms with E-state index in [2.05, 4.69) is 96.0 Å². The molecule has 30 heavy (non-hydrogen) atoms. The van der Waals surface area contributed by atoms with Gasteiger partial charge >= 0.3 is 0 Å². The normalized spacial score (nSPS) is 19.6. The van der Waals surface area contributed by atoms with Crippen LogP contribution in [0.3, 0.4) is 0 Å². The first-order chi connectivity index (χ1) is 14.7. The van der Waals surface area contributed by atoms with Gasteiger partial charge in [-0.15, -0.1) is 15.0 Å². The Hall–Kier alpha value is -2.83. The van der Waals surface area contributed by atoms with Gasteiger partial charge in [-0.1, -0.05) is 74.5 Å². The molecule has 0 amide bonds. The van der Waals surface area contributed by atoms with Gasteiger partial charge in [0.15, 0.2) is 6.67 Å². The van der Waals surface area contributed by atoms with Crippen molar-refractivity contribution in [3.63, 3.8) is 0 Å². The molecule has 6 heteroatoms. The van der Waals surface area contributed by atoms with Crippen LogP contribution in [0.2, 0.25) is 0 Å². The summed E-state index contributed by atoms with van der Waals surface area (Å²) in [7, 11) is 0. The highest BCUT2D eigenvalue weighted by atomic mass is 15.6. The van der Waals surface area contributed by atoms with E-state index in [1.807, 2.05) is 0 Å². The van der Waals surface area contributed by atoms with E-state index in [1.165, 1.54) is 29.1 Å². The number of hydrogen-bond acceptors (Lipinski definition) is 3. The maximum absolute atomic E-state index is 4.61. The molecule has 156 valence electrons. The molecule has 0 unspecified atom stereocenters. The second kappa shape index (κ2) is 9.78. The molecule has 0 aliphatic carbocycles. The molecule has 1 saturated heterocycles. The molecule has 1 aromatic heterocycles. The molecule has 4 rings (SSSR count). The summed E-state index contributed by atoms with van der Waals surface area (Å²) in [5, 5.41) is 13.2. The van der Waals surface area contributed by atoms with Gasteiger partial charge in [-0.3, -0.25) is 0 Å². The summed E-state index contributed by atoms with van der Waals surface area (Å²) in [6.45, 7) is 10.9. The molecule has 2 N–H and O–H groups in total. The van der Waals surface area contributed by atoms with Crippen molar-refractivity contribution in [1.82, 2.24) is 20.2 Å².